The number of rotatable bonds is 7. The normalized spacial score (nSPS) is 10.6. The van der Waals surface area contributed by atoms with Gasteiger partial charge in [0.15, 0.2) is 11.5 Å². The number of aromatic nitrogens is 6. The molecule has 140 valence electrons. The lowest BCUT2D eigenvalue weighted by atomic mass is 10.1. The summed E-state index contributed by atoms with van der Waals surface area (Å²) in [5.74, 6) is 1.78. The highest BCUT2D eigenvalue weighted by Crippen LogP contribution is 2.20. The predicted molar refractivity (Wildman–Crippen MR) is 102 cm³/mol. The minimum atomic E-state index is 0.241. The number of ether oxygens (including phenoxy) is 2. The first kappa shape index (κ1) is 17.5. The maximum Gasteiger partial charge on any atom is 0.325 e. The molecule has 0 spiro atoms. The number of fused-ring (bicyclic) bond motifs is 1. The summed E-state index contributed by atoms with van der Waals surface area (Å²) in [6.07, 6.45) is 7.11. The van der Waals surface area contributed by atoms with Gasteiger partial charge in [0, 0.05) is 31.2 Å². The van der Waals surface area contributed by atoms with Crippen molar-refractivity contribution in [3.63, 3.8) is 0 Å². The van der Waals surface area contributed by atoms with Crippen LogP contribution in [0.25, 0.3) is 11.2 Å². The minimum Gasteiger partial charge on any atom is -0.481 e. The summed E-state index contributed by atoms with van der Waals surface area (Å²) in [6.45, 7) is 0.696. The third-order valence-electron chi connectivity index (χ3n) is 3.93. The molecule has 0 bridgehead atoms. The van der Waals surface area contributed by atoms with E-state index in [2.05, 4.69) is 35.2 Å². The zero-order chi connectivity index (χ0) is 19.2. The van der Waals surface area contributed by atoms with Crippen LogP contribution < -0.4 is 14.8 Å². The van der Waals surface area contributed by atoms with Crippen LogP contribution in [-0.4, -0.2) is 43.6 Å². The Kier molecular flexibility index (Phi) is 5.14. The second-order valence-electron chi connectivity index (χ2n) is 5.76. The molecule has 0 amide bonds. The molecule has 9 heteroatoms. The second kappa shape index (κ2) is 8.21. The van der Waals surface area contributed by atoms with E-state index in [9.17, 15) is 0 Å². The molecule has 3 aromatic heterocycles. The summed E-state index contributed by atoms with van der Waals surface area (Å²) < 4.78 is 10.7. The summed E-state index contributed by atoms with van der Waals surface area (Å²) in [5.41, 5.74) is 2.38. The maximum absolute atomic E-state index is 5.65. The standard InChI is InChI=1S/C19H17N7O2/c1-27-15-7-9-23-19(26-15)28-14-4-2-13(3-5-14)6-8-21-17-16-18(25-12-24-17)22-11-10-20-16/h2-5,7,9-12H,6,8H2,1H3,(H,21,22,24,25). The molecule has 0 aliphatic carbocycles. The number of hydrogen-bond donors (Lipinski definition) is 1. The van der Waals surface area contributed by atoms with Gasteiger partial charge in [0.1, 0.15) is 17.6 Å². The highest BCUT2D eigenvalue weighted by Gasteiger charge is 2.06. The third kappa shape index (κ3) is 4.09. The molecule has 1 N–H and O–H groups in total. The SMILES string of the molecule is COc1ccnc(Oc2ccc(CCNc3ncnc4nccnc34)cc2)n1. The highest BCUT2D eigenvalue weighted by atomic mass is 16.5. The lowest BCUT2D eigenvalue weighted by molar-refractivity contribution is 0.376. The molecular formula is C19H17N7O2. The van der Waals surface area contributed by atoms with Crippen molar-refractivity contribution < 1.29 is 9.47 Å². The van der Waals surface area contributed by atoms with Crippen molar-refractivity contribution in [3.05, 3.63) is 60.8 Å². The molecule has 0 unspecified atom stereocenters. The fourth-order valence-electron chi connectivity index (χ4n) is 2.57. The summed E-state index contributed by atoms with van der Waals surface area (Å²) in [7, 11) is 1.55. The smallest absolute Gasteiger partial charge is 0.325 e. The van der Waals surface area contributed by atoms with Crippen LogP contribution in [0.15, 0.2) is 55.2 Å². The summed E-state index contributed by atoms with van der Waals surface area (Å²) in [5, 5.41) is 3.28. The average molecular weight is 375 g/mol. The predicted octanol–water partition coefficient (Wildman–Crippen LogP) is 2.67. The van der Waals surface area contributed by atoms with Crippen LogP contribution in [0.1, 0.15) is 5.56 Å². The van der Waals surface area contributed by atoms with E-state index >= 15 is 0 Å². The molecule has 0 atom stereocenters. The molecule has 3 heterocycles. The molecule has 28 heavy (non-hydrogen) atoms. The Morgan fingerprint density at radius 2 is 1.75 bits per heavy atom. The van der Waals surface area contributed by atoms with E-state index < -0.39 is 0 Å². The van der Waals surface area contributed by atoms with Gasteiger partial charge in [-0.05, 0) is 24.1 Å². The van der Waals surface area contributed by atoms with E-state index in [-0.39, 0.29) is 6.01 Å². The first-order valence-electron chi connectivity index (χ1n) is 8.61. The number of nitrogens with zero attached hydrogens (tertiary/aromatic N) is 6. The number of benzene rings is 1. The largest absolute Gasteiger partial charge is 0.481 e. The molecule has 0 radical (unpaired) electrons. The van der Waals surface area contributed by atoms with E-state index in [1.807, 2.05) is 24.3 Å². The lowest BCUT2D eigenvalue weighted by Crippen LogP contribution is -2.08. The average Bonchev–Trinajstić information content (AvgIpc) is 2.75. The third-order valence-corrected chi connectivity index (χ3v) is 3.93. The number of anilines is 1. The van der Waals surface area contributed by atoms with Crippen LogP contribution in [0.5, 0.6) is 17.6 Å². The zero-order valence-electron chi connectivity index (χ0n) is 15.1. The van der Waals surface area contributed by atoms with E-state index in [0.29, 0.717) is 35.2 Å². The van der Waals surface area contributed by atoms with Crippen molar-refractivity contribution in [3.8, 4) is 17.6 Å². The quantitative estimate of drug-likeness (QED) is 0.521. The number of methoxy groups -OCH3 is 1. The van der Waals surface area contributed by atoms with Crippen LogP contribution >= 0.6 is 0 Å². The molecule has 1 aromatic carbocycles. The zero-order valence-corrected chi connectivity index (χ0v) is 15.1. The van der Waals surface area contributed by atoms with Gasteiger partial charge >= 0.3 is 6.01 Å². The Hall–Kier alpha value is -3.88. The Balaban J connectivity index is 1.35. The Bertz CT molecular complexity index is 1070. The van der Waals surface area contributed by atoms with Crippen molar-refractivity contribution in [2.24, 2.45) is 0 Å². The minimum absolute atomic E-state index is 0.241. The van der Waals surface area contributed by atoms with Gasteiger partial charge < -0.3 is 14.8 Å². The van der Waals surface area contributed by atoms with E-state index in [1.165, 1.54) is 6.33 Å². The molecule has 9 nitrogen and oxygen atoms in total. The maximum atomic E-state index is 5.65. The van der Waals surface area contributed by atoms with Crippen LogP contribution in [0.2, 0.25) is 0 Å². The molecule has 0 aliphatic rings. The Morgan fingerprint density at radius 3 is 2.61 bits per heavy atom. The van der Waals surface area contributed by atoms with E-state index in [1.54, 1.807) is 31.8 Å². The molecule has 4 aromatic rings. The van der Waals surface area contributed by atoms with E-state index in [4.69, 9.17) is 9.47 Å². The van der Waals surface area contributed by atoms with Crippen molar-refractivity contribution in [1.29, 1.82) is 0 Å². The van der Waals surface area contributed by atoms with Crippen molar-refractivity contribution >= 4 is 17.0 Å². The first-order valence-corrected chi connectivity index (χ1v) is 8.61. The van der Waals surface area contributed by atoms with Gasteiger partial charge in [-0.2, -0.15) is 4.98 Å². The lowest BCUT2D eigenvalue weighted by Gasteiger charge is -2.08. The summed E-state index contributed by atoms with van der Waals surface area (Å²) in [6, 6.07) is 9.65. The monoisotopic (exact) mass is 375 g/mol. The number of nitrogens with one attached hydrogen (secondary N) is 1. The molecule has 0 saturated carbocycles. The highest BCUT2D eigenvalue weighted by molar-refractivity contribution is 5.81. The van der Waals surface area contributed by atoms with Gasteiger partial charge in [0.05, 0.1) is 7.11 Å². The van der Waals surface area contributed by atoms with Crippen LogP contribution in [0.4, 0.5) is 5.82 Å². The van der Waals surface area contributed by atoms with E-state index in [0.717, 1.165) is 12.0 Å². The fraction of sp³-hybridized carbons (Fsp3) is 0.158. The number of hydrogen-bond acceptors (Lipinski definition) is 9. The topological polar surface area (TPSA) is 108 Å². The van der Waals surface area contributed by atoms with Gasteiger partial charge in [0.25, 0.3) is 0 Å². The second-order valence-corrected chi connectivity index (χ2v) is 5.76. The fourth-order valence-corrected chi connectivity index (χ4v) is 2.57. The summed E-state index contributed by atoms with van der Waals surface area (Å²) >= 11 is 0. The molecule has 0 saturated heterocycles. The van der Waals surface area contributed by atoms with Gasteiger partial charge in [-0.1, -0.05) is 12.1 Å². The van der Waals surface area contributed by atoms with Crippen molar-refractivity contribution in [1.82, 2.24) is 29.9 Å². The van der Waals surface area contributed by atoms with Crippen molar-refractivity contribution in [2.75, 3.05) is 19.0 Å². The van der Waals surface area contributed by atoms with Gasteiger partial charge in [0.2, 0.25) is 5.88 Å². The Labute approximate surface area is 160 Å². The molecular weight excluding hydrogens is 358 g/mol. The molecule has 0 aliphatic heterocycles. The van der Waals surface area contributed by atoms with Crippen LogP contribution in [0, 0.1) is 0 Å². The van der Waals surface area contributed by atoms with Gasteiger partial charge in [-0.3, -0.25) is 0 Å². The summed E-state index contributed by atoms with van der Waals surface area (Å²) in [4.78, 5) is 25.0. The van der Waals surface area contributed by atoms with Gasteiger partial charge in [-0.15, -0.1) is 0 Å². The Morgan fingerprint density at radius 1 is 0.893 bits per heavy atom. The molecule has 4 rings (SSSR count). The van der Waals surface area contributed by atoms with Crippen LogP contribution in [0.3, 0.4) is 0 Å². The first-order chi connectivity index (χ1) is 13.8. The van der Waals surface area contributed by atoms with Crippen molar-refractivity contribution in [2.45, 2.75) is 6.42 Å². The van der Waals surface area contributed by atoms with Crippen LogP contribution in [-0.2, 0) is 6.42 Å². The van der Waals surface area contributed by atoms with Gasteiger partial charge in [-0.25, -0.2) is 24.9 Å². The molecule has 0 fully saturated rings.